The summed E-state index contributed by atoms with van der Waals surface area (Å²) in [5, 5.41) is 13.1. The molecule has 1 saturated carbocycles. The number of aromatic nitrogens is 1. The van der Waals surface area contributed by atoms with Gasteiger partial charge in [0, 0.05) is 37.5 Å². The van der Waals surface area contributed by atoms with Gasteiger partial charge in [0.05, 0.1) is 29.0 Å². The van der Waals surface area contributed by atoms with Gasteiger partial charge in [0.1, 0.15) is 24.7 Å². The van der Waals surface area contributed by atoms with E-state index in [0.29, 0.717) is 24.2 Å². The lowest BCUT2D eigenvalue weighted by atomic mass is 10.0. The molecule has 4 rings (SSSR count). The first-order valence-electron chi connectivity index (χ1n) is 9.18. The number of rotatable bonds is 4. The number of fused-ring (bicyclic) bond motifs is 1. The molecular weight excluding hydrogens is 386 g/mol. The van der Waals surface area contributed by atoms with Crippen molar-refractivity contribution in [1.29, 1.82) is 0 Å². The molecule has 0 spiro atoms. The van der Waals surface area contributed by atoms with Crippen molar-refractivity contribution in [2.45, 2.75) is 31.1 Å². The summed E-state index contributed by atoms with van der Waals surface area (Å²) in [5.41, 5.74) is 5.98. The predicted octanol–water partition coefficient (Wildman–Crippen LogP) is 1.66. The molecule has 3 N–H and O–H groups in total. The second-order valence-corrected chi connectivity index (χ2v) is 7.29. The van der Waals surface area contributed by atoms with Gasteiger partial charge < -0.3 is 25.1 Å². The van der Waals surface area contributed by atoms with E-state index in [-0.39, 0.29) is 24.0 Å². The number of nitrogens with zero attached hydrogens (tertiary/aromatic N) is 3. The molecule has 1 aliphatic carbocycles. The van der Waals surface area contributed by atoms with E-state index in [1.807, 2.05) is 0 Å². The van der Waals surface area contributed by atoms with Crippen molar-refractivity contribution in [3.63, 3.8) is 0 Å². The average molecular weight is 406 g/mol. The molecule has 2 heterocycles. The van der Waals surface area contributed by atoms with Crippen LogP contribution in [0.4, 0.5) is 14.5 Å². The third-order valence-electron chi connectivity index (χ3n) is 5.40. The summed E-state index contributed by atoms with van der Waals surface area (Å²) in [6.07, 6.45) is 0.707. The van der Waals surface area contributed by atoms with E-state index < -0.39 is 41.0 Å². The fraction of sp³-hybridized carbons (Fsp3) is 0.421. The van der Waals surface area contributed by atoms with Crippen molar-refractivity contribution in [1.82, 2.24) is 4.57 Å². The number of halogens is 2. The van der Waals surface area contributed by atoms with Crippen LogP contribution in [0.5, 0.6) is 0 Å². The summed E-state index contributed by atoms with van der Waals surface area (Å²) in [7, 11) is 1.43. The smallest absolute Gasteiger partial charge is 0.341 e. The van der Waals surface area contributed by atoms with E-state index in [0.717, 1.165) is 12.3 Å². The summed E-state index contributed by atoms with van der Waals surface area (Å²) in [6, 6.07) is 1.47. The van der Waals surface area contributed by atoms with Gasteiger partial charge in [-0.1, -0.05) is 5.16 Å². The topological polar surface area (TPSA) is 110 Å². The first-order valence-corrected chi connectivity index (χ1v) is 9.18. The highest BCUT2D eigenvalue weighted by Gasteiger charge is 2.40. The van der Waals surface area contributed by atoms with Gasteiger partial charge >= 0.3 is 5.97 Å². The van der Waals surface area contributed by atoms with Gasteiger partial charge in [-0.3, -0.25) is 4.79 Å². The normalized spacial score (nSPS) is 25.4. The summed E-state index contributed by atoms with van der Waals surface area (Å²) in [5.74, 6) is -2.10. The van der Waals surface area contributed by atoms with Crippen LogP contribution >= 0.6 is 0 Å². The number of pyridine rings is 1. The van der Waals surface area contributed by atoms with Crippen molar-refractivity contribution < 1.29 is 23.5 Å². The number of hydrogen-bond donors (Lipinski definition) is 2. The van der Waals surface area contributed by atoms with Crippen LogP contribution in [-0.2, 0) is 4.84 Å². The van der Waals surface area contributed by atoms with E-state index in [9.17, 15) is 23.5 Å². The van der Waals surface area contributed by atoms with Crippen molar-refractivity contribution in [2.24, 2.45) is 10.9 Å². The van der Waals surface area contributed by atoms with Crippen molar-refractivity contribution in [3.8, 4) is 0 Å². The van der Waals surface area contributed by atoms with E-state index >= 15 is 0 Å². The van der Waals surface area contributed by atoms with Crippen LogP contribution in [0.2, 0.25) is 0 Å². The maximum Gasteiger partial charge on any atom is 0.341 e. The Kier molecular flexibility index (Phi) is 4.73. The maximum absolute atomic E-state index is 14.9. The standard InChI is InChI=1S/C19H20F2N4O4/c1-29-23-14-2-3-24(8-13(14)22)16-6-15-9(4-11(16)20)18(26)10(19(27)28)7-25(15)17-5-12(17)21/h4,6-7,12-13,17H,2-3,5,8,22H2,1H3,(H,27,28)/t12-,13?,17+/m0/s1. The van der Waals surface area contributed by atoms with Crippen LogP contribution in [0.15, 0.2) is 28.3 Å². The number of benzene rings is 1. The van der Waals surface area contributed by atoms with Crippen LogP contribution in [0.3, 0.4) is 0 Å². The van der Waals surface area contributed by atoms with Crippen molar-refractivity contribution >= 4 is 28.3 Å². The van der Waals surface area contributed by atoms with Crippen LogP contribution in [0, 0.1) is 5.82 Å². The third kappa shape index (κ3) is 3.33. The SMILES string of the molecule is CON=C1CCN(c2cc3c(cc2F)c(=O)c(C(=O)O)cn3[C@@H]2C[C@@H]2F)CC1N. The highest BCUT2D eigenvalue weighted by molar-refractivity contribution is 5.94. The highest BCUT2D eigenvalue weighted by Crippen LogP contribution is 2.41. The van der Waals surface area contributed by atoms with Crippen LogP contribution in [-0.4, -0.2) is 53.8 Å². The lowest BCUT2D eigenvalue weighted by Crippen LogP contribution is -2.49. The number of nitrogens with two attached hydrogens (primary N) is 1. The first kappa shape index (κ1) is 19.3. The van der Waals surface area contributed by atoms with Gasteiger partial charge in [-0.2, -0.15) is 0 Å². The summed E-state index contributed by atoms with van der Waals surface area (Å²) < 4.78 is 30.1. The molecule has 1 aliphatic heterocycles. The Morgan fingerprint density at radius 2 is 2.14 bits per heavy atom. The lowest BCUT2D eigenvalue weighted by Gasteiger charge is -2.33. The number of carbonyl (C=O) groups is 1. The number of hydrogen-bond acceptors (Lipinski definition) is 6. The Balaban J connectivity index is 1.83. The molecular formula is C19H20F2N4O4. The molecule has 0 radical (unpaired) electrons. The summed E-state index contributed by atoms with van der Waals surface area (Å²) >= 11 is 0. The molecule has 8 nitrogen and oxygen atoms in total. The van der Waals surface area contributed by atoms with E-state index in [1.54, 1.807) is 4.90 Å². The van der Waals surface area contributed by atoms with Crippen LogP contribution < -0.4 is 16.1 Å². The minimum Gasteiger partial charge on any atom is -0.477 e. The second kappa shape index (κ2) is 7.11. The summed E-state index contributed by atoms with van der Waals surface area (Å²) in [6.45, 7) is 0.724. The molecule has 2 aliphatic rings. The molecule has 154 valence electrons. The molecule has 29 heavy (non-hydrogen) atoms. The molecule has 3 atom stereocenters. The molecule has 2 aromatic rings. The Morgan fingerprint density at radius 1 is 1.41 bits per heavy atom. The van der Waals surface area contributed by atoms with Gasteiger partial charge in [-0.15, -0.1) is 0 Å². The Morgan fingerprint density at radius 3 is 2.72 bits per heavy atom. The number of carboxylic acids is 1. The monoisotopic (exact) mass is 406 g/mol. The number of alkyl halides is 1. The number of oxime groups is 1. The number of aromatic carboxylic acids is 1. The molecule has 0 bridgehead atoms. The number of anilines is 1. The van der Waals surface area contributed by atoms with Crippen molar-refractivity contribution in [3.05, 3.63) is 39.9 Å². The number of carboxylic acid groups (broad SMARTS) is 1. The number of piperidine rings is 1. The van der Waals surface area contributed by atoms with Crippen LogP contribution in [0.1, 0.15) is 29.2 Å². The second-order valence-electron chi connectivity index (χ2n) is 7.29. The molecule has 1 unspecified atom stereocenters. The van der Waals surface area contributed by atoms with Gasteiger partial charge in [0.15, 0.2) is 0 Å². The average Bonchev–Trinajstić information content (AvgIpc) is 3.40. The van der Waals surface area contributed by atoms with Gasteiger partial charge in [-0.25, -0.2) is 13.6 Å². The lowest BCUT2D eigenvalue weighted by molar-refractivity contribution is 0.0694. The highest BCUT2D eigenvalue weighted by atomic mass is 19.1. The molecule has 0 amide bonds. The molecule has 2 fully saturated rings. The largest absolute Gasteiger partial charge is 0.477 e. The Bertz CT molecular complexity index is 1080. The van der Waals surface area contributed by atoms with E-state index in [1.165, 1.54) is 17.7 Å². The first-order chi connectivity index (χ1) is 13.8. The Hall–Kier alpha value is -3.01. The molecule has 1 saturated heterocycles. The zero-order valence-electron chi connectivity index (χ0n) is 15.6. The third-order valence-corrected chi connectivity index (χ3v) is 5.40. The fourth-order valence-electron chi connectivity index (χ4n) is 3.79. The maximum atomic E-state index is 14.9. The van der Waals surface area contributed by atoms with Gasteiger partial charge in [-0.05, 0) is 12.1 Å². The van der Waals surface area contributed by atoms with Crippen LogP contribution in [0.25, 0.3) is 10.9 Å². The van der Waals surface area contributed by atoms with Gasteiger partial charge in [0.2, 0.25) is 5.43 Å². The minimum atomic E-state index is -1.43. The summed E-state index contributed by atoms with van der Waals surface area (Å²) in [4.78, 5) is 30.5. The Labute approximate surface area is 164 Å². The molecule has 1 aromatic carbocycles. The van der Waals surface area contributed by atoms with Gasteiger partial charge in [0.25, 0.3) is 0 Å². The predicted molar refractivity (Wildman–Crippen MR) is 103 cm³/mol. The fourth-order valence-corrected chi connectivity index (χ4v) is 3.79. The quantitative estimate of drug-likeness (QED) is 0.748. The molecule has 1 aromatic heterocycles. The zero-order chi connectivity index (χ0) is 20.9. The zero-order valence-corrected chi connectivity index (χ0v) is 15.6. The molecule has 10 heteroatoms. The van der Waals surface area contributed by atoms with E-state index in [2.05, 4.69) is 5.16 Å². The van der Waals surface area contributed by atoms with Crippen molar-refractivity contribution in [2.75, 3.05) is 25.1 Å². The van der Waals surface area contributed by atoms with E-state index in [4.69, 9.17) is 10.6 Å². The minimum absolute atomic E-state index is 0.0896.